The van der Waals surface area contributed by atoms with Gasteiger partial charge in [-0.3, -0.25) is 15.2 Å². The summed E-state index contributed by atoms with van der Waals surface area (Å²) in [5.41, 5.74) is 3.49. The molecule has 0 amide bonds. The number of halogens is 3. The lowest BCUT2D eigenvalue weighted by molar-refractivity contribution is -0.137. The number of rotatable bonds is 7. The molecule has 2 aromatic carbocycles. The van der Waals surface area contributed by atoms with Crippen LogP contribution in [0.5, 0.6) is 0 Å². The summed E-state index contributed by atoms with van der Waals surface area (Å²) < 4.78 is 44.7. The van der Waals surface area contributed by atoms with Crippen molar-refractivity contribution in [3.05, 3.63) is 93.5 Å². The Bertz CT molecular complexity index is 1260. The van der Waals surface area contributed by atoms with Gasteiger partial charge in [0.1, 0.15) is 0 Å². The molecule has 0 aliphatic heterocycles. The van der Waals surface area contributed by atoms with Crippen LogP contribution in [-0.2, 0) is 24.1 Å². The SMILES string of the molecule is Cc1[nH]n2c(=O)cc(CNCOCc3ccc(C(F)(F)F)cc3)nc2c1-c1ccccc1. The van der Waals surface area contributed by atoms with Crippen LogP contribution in [0.1, 0.15) is 22.5 Å². The third kappa shape index (κ3) is 4.74. The zero-order valence-electron chi connectivity index (χ0n) is 17.2. The predicted molar refractivity (Wildman–Crippen MR) is 114 cm³/mol. The van der Waals surface area contributed by atoms with E-state index in [4.69, 9.17) is 4.74 Å². The fourth-order valence-corrected chi connectivity index (χ4v) is 3.45. The smallest absolute Gasteiger partial charge is 0.362 e. The van der Waals surface area contributed by atoms with Gasteiger partial charge in [0.25, 0.3) is 5.56 Å². The molecule has 0 radical (unpaired) electrons. The van der Waals surface area contributed by atoms with E-state index >= 15 is 0 Å². The molecule has 0 saturated heterocycles. The second-order valence-corrected chi connectivity index (χ2v) is 7.34. The van der Waals surface area contributed by atoms with E-state index in [1.807, 2.05) is 37.3 Å². The van der Waals surface area contributed by atoms with Crippen LogP contribution in [0.3, 0.4) is 0 Å². The quantitative estimate of drug-likeness (QED) is 0.331. The third-order valence-corrected chi connectivity index (χ3v) is 4.97. The number of nitrogens with zero attached hydrogens (tertiary/aromatic N) is 2. The highest BCUT2D eigenvalue weighted by Crippen LogP contribution is 2.29. The van der Waals surface area contributed by atoms with Crippen molar-refractivity contribution >= 4 is 5.65 Å². The van der Waals surface area contributed by atoms with Crippen LogP contribution >= 0.6 is 0 Å². The van der Waals surface area contributed by atoms with Crippen molar-refractivity contribution in [1.82, 2.24) is 19.9 Å². The summed E-state index contributed by atoms with van der Waals surface area (Å²) in [6, 6.07) is 16.0. The molecular weight excluding hydrogens is 421 g/mol. The molecule has 0 spiro atoms. The van der Waals surface area contributed by atoms with E-state index in [9.17, 15) is 18.0 Å². The first-order valence-electron chi connectivity index (χ1n) is 9.94. The Kier molecular flexibility index (Phi) is 6.11. The Morgan fingerprint density at radius 3 is 2.50 bits per heavy atom. The van der Waals surface area contributed by atoms with E-state index in [-0.39, 0.29) is 18.9 Å². The normalized spacial score (nSPS) is 11.9. The van der Waals surface area contributed by atoms with Crippen LogP contribution < -0.4 is 10.9 Å². The van der Waals surface area contributed by atoms with Crippen LogP contribution in [0, 0.1) is 6.92 Å². The van der Waals surface area contributed by atoms with Gasteiger partial charge in [0, 0.05) is 23.9 Å². The fourth-order valence-electron chi connectivity index (χ4n) is 3.45. The van der Waals surface area contributed by atoms with E-state index in [2.05, 4.69) is 15.4 Å². The van der Waals surface area contributed by atoms with Gasteiger partial charge in [0.05, 0.1) is 24.6 Å². The molecule has 0 bridgehead atoms. The van der Waals surface area contributed by atoms with Gasteiger partial charge in [-0.2, -0.15) is 13.2 Å². The molecule has 166 valence electrons. The number of aryl methyl sites for hydroxylation is 1. The van der Waals surface area contributed by atoms with Crippen molar-refractivity contribution in [2.24, 2.45) is 0 Å². The first-order valence-corrected chi connectivity index (χ1v) is 9.94. The Morgan fingerprint density at radius 2 is 1.81 bits per heavy atom. The minimum atomic E-state index is -4.36. The lowest BCUT2D eigenvalue weighted by atomic mass is 10.1. The maximum Gasteiger partial charge on any atom is 0.416 e. The molecule has 2 heterocycles. The van der Waals surface area contributed by atoms with Crippen LogP contribution in [0.2, 0.25) is 0 Å². The van der Waals surface area contributed by atoms with Gasteiger partial charge in [-0.1, -0.05) is 42.5 Å². The number of hydrogen-bond acceptors (Lipinski definition) is 4. The number of benzene rings is 2. The molecule has 4 rings (SSSR count). The predicted octanol–water partition coefficient (Wildman–Crippen LogP) is 4.28. The molecule has 6 nitrogen and oxygen atoms in total. The van der Waals surface area contributed by atoms with Crippen molar-refractivity contribution in [2.75, 3.05) is 6.73 Å². The summed E-state index contributed by atoms with van der Waals surface area (Å²) in [5, 5.41) is 6.10. The van der Waals surface area contributed by atoms with Crippen LogP contribution in [0.4, 0.5) is 13.2 Å². The number of ether oxygens (including phenoxy) is 1. The lowest BCUT2D eigenvalue weighted by Gasteiger charge is -2.09. The molecule has 2 aromatic heterocycles. The zero-order valence-corrected chi connectivity index (χ0v) is 17.2. The first-order chi connectivity index (χ1) is 15.3. The standard InChI is InChI=1S/C23H21F3N4O2/c1-15-21(17-5-3-2-4-6-17)22-28-19(11-20(31)30(22)29-15)12-27-14-32-13-16-7-9-18(10-8-16)23(24,25)26/h2-11,27,29H,12-14H2,1H3. The maximum atomic E-state index is 12.6. The Labute approximate surface area is 181 Å². The minimum Gasteiger partial charge on any atom is -0.362 e. The summed E-state index contributed by atoms with van der Waals surface area (Å²) in [6.45, 7) is 2.51. The first kappa shape index (κ1) is 21.8. The van der Waals surface area contributed by atoms with Gasteiger partial charge < -0.3 is 4.74 Å². The highest BCUT2D eigenvalue weighted by molar-refractivity contribution is 5.79. The molecule has 0 saturated carbocycles. The van der Waals surface area contributed by atoms with Crippen LogP contribution in [0.25, 0.3) is 16.8 Å². The summed E-state index contributed by atoms with van der Waals surface area (Å²) in [4.78, 5) is 17.1. The van der Waals surface area contributed by atoms with E-state index in [1.54, 1.807) is 0 Å². The lowest BCUT2D eigenvalue weighted by Crippen LogP contribution is -2.22. The van der Waals surface area contributed by atoms with Gasteiger partial charge >= 0.3 is 6.18 Å². The second-order valence-electron chi connectivity index (χ2n) is 7.34. The number of H-pyrrole nitrogens is 1. The topological polar surface area (TPSA) is 71.4 Å². The summed E-state index contributed by atoms with van der Waals surface area (Å²) in [5.74, 6) is 0. The minimum absolute atomic E-state index is 0.153. The summed E-state index contributed by atoms with van der Waals surface area (Å²) >= 11 is 0. The maximum absolute atomic E-state index is 12.6. The number of hydrogen-bond donors (Lipinski definition) is 2. The average molecular weight is 442 g/mol. The number of alkyl halides is 3. The highest BCUT2D eigenvalue weighted by Gasteiger charge is 2.29. The van der Waals surface area contributed by atoms with Crippen molar-refractivity contribution in [2.45, 2.75) is 26.3 Å². The Morgan fingerprint density at radius 1 is 1.09 bits per heavy atom. The molecule has 9 heteroatoms. The molecule has 4 aromatic rings. The molecule has 2 N–H and O–H groups in total. The average Bonchev–Trinajstić information content (AvgIpc) is 3.10. The summed E-state index contributed by atoms with van der Waals surface area (Å²) in [7, 11) is 0. The molecule has 0 unspecified atom stereocenters. The molecule has 32 heavy (non-hydrogen) atoms. The number of nitrogens with one attached hydrogen (secondary N) is 2. The zero-order chi connectivity index (χ0) is 22.7. The monoisotopic (exact) mass is 442 g/mol. The molecular formula is C23H21F3N4O2. The van der Waals surface area contributed by atoms with Gasteiger partial charge in [-0.05, 0) is 30.2 Å². The van der Waals surface area contributed by atoms with E-state index in [0.29, 0.717) is 23.4 Å². The van der Waals surface area contributed by atoms with Crippen LogP contribution in [-0.4, -0.2) is 21.3 Å². The van der Waals surface area contributed by atoms with Gasteiger partial charge in [-0.15, -0.1) is 0 Å². The number of fused-ring (bicyclic) bond motifs is 1. The Hall–Kier alpha value is -3.43. The van der Waals surface area contributed by atoms with Gasteiger partial charge in [0.2, 0.25) is 0 Å². The number of aromatic nitrogens is 3. The van der Waals surface area contributed by atoms with Crippen molar-refractivity contribution in [3.63, 3.8) is 0 Å². The molecule has 0 aliphatic carbocycles. The van der Waals surface area contributed by atoms with E-state index in [1.165, 1.54) is 22.7 Å². The third-order valence-electron chi connectivity index (χ3n) is 4.97. The second kappa shape index (κ2) is 8.97. The molecule has 0 atom stereocenters. The van der Waals surface area contributed by atoms with Gasteiger partial charge in [0.15, 0.2) is 5.65 Å². The van der Waals surface area contributed by atoms with Crippen molar-refractivity contribution in [3.8, 4) is 11.1 Å². The van der Waals surface area contributed by atoms with Crippen LogP contribution in [0.15, 0.2) is 65.5 Å². The largest absolute Gasteiger partial charge is 0.416 e. The van der Waals surface area contributed by atoms with Crippen molar-refractivity contribution in [1.29, 1.82) is 0 Å². The molecule has 0 fully saturated rings. The summed E-state index contributed by atoms with van der Waals surface area (Å²) in [6.07, 6.45) is -4.36. The van der Waals surface area contributed by atoms with Gasteiger partial charge in [-0.25, -0.2) is 9.50 Å². The number of aromatic amines is 1. The molecule has 0 aliphatic rings. The van der Waals surface area contributed by atoms with Crippen molar-refractivity contribution < 1.29 is 17.9 Å². The van der Waals surface area contributed by atoms with E-state index in [0.717, 1.165) is 29.0 Å². The highest BCUT2D eigenvalue weighted by atomic mass is 19.4. The Balaban J connectivity index is 1.39. The van der Waals surface area contributed by atoms with E-state index < -0.39 is 11.7 Å². The fraction of sp³-hybridized carbons (Fsp3) is 0.217.